The van der Waals surface area contributed by atoms with Crippen LogP contribution in [-0.2, 0) is 0 Å². The molecule has 0 amide bonds. The number of aromatic nitrogens is 1. The van der Waals surface area contributed by atoms with Crippen LogP contribution in [0.2, 0.25) is 0 Å². The van der Waals surface area contributed by atoms with E-state index in [1.807, 2.05) is 0 Å². The first-order chi connectivity index (χ1) is 7.22. The number of pyridine rings is 1. The molecule has 0 atom stereocenters. The van der Waals surface area contributed by atoms with Gasteiger partial charge in [-0.1, -0.05) is 6.58 Å². The summed E-state index contributed by atoms with van der Waals surface area (Å²) in [4.78, 5) is 4.05. The lowest BCUT2D eigenvalue weighted by molar-refractivity contribution is 0.386. The van der Waals surface area contributed by atoms with Gasteiger partial charge in [-0.25, -0.2) is 4.98 Å². The summed E-state index contributed by atoms with van der Waals surface area (Å²) in [5.74, 6) is 1.23. The van der Waals surface area contributed by atoms with Gasteiger partial charge in [-0.05, 0) is 18.5 Å². The Bertz CT molecular complexity index is 350. The van der Waals surface area contributed by atoms with Gasteiger partial charge in [-0.3, -0.25) is 0 Å². The molecule has 0 aliphatic heterocycles. The first kappa shape index (κ1) is 11.5. The van der Waals surface area contributed by atoms with E-state index >= 15 is 0 Å². The normalized spacial score (nSPS) is 9.80. The molecule has 0 spiro atoms. The Morgan fingerprint density at radius 3 is 2.73 bits per heavy atom. The Hall–Kier alpha value is -1.55. The first-order valence-corrected chi connectivity index (χ1v) is 4.69. The Labute approximate surface area is 89.7 Å². The molecule has 0 unspecified atom stereocenters. The van der Waals surface area contributed by atoms with Crippen molar-refractivity contribution in [2.45, 2.75) is 6.42 Å². The molecule has 82 valence electrons. The topological polar surface area (TPSA) is 57.4 Å². The van der Waals surface area contributed by atoms with Crippen LogP contribution >= 0.6 is 0 Å². The second-order valence-corrected chi connectivity index (χ2v) is 3.07. The minimum atomic E-state index is 0.545. The molecular weight excluding hydrogens is 192 g/mol. The summed E-state index contributed by atoms with van der Waals surface area (Å²) in [6.07, 6.45) is 2.35. The number of rotatable bonds is 5. The van der Waals surface area contributed by atoms with Crippen LogP contribution in [0, 0.1) is 0 Å². The minimum absolute atomic E-state index is 0.545. The lowest BCUT2D eigenvalue weighted by atomic mass is 10.1. The summed E-state index contributed by atoms with van der Waals surface area (Å²) in [7, 11) is 3.17. The van der Waals surface area contributed by atoms with E-state index in [1.54, 1.807) is 26.5 Å². The average Bonchev–Trinajstić information content (AvgIpc) is 2.28. The van der Waals surface area contributed by atoms with Crippen molar-refractivity contribution >= 4 is 5.57 Å². The molecule has 4 nitrogen and oxygen atoms in total. The highest BCUT2D eigenvalue weighted by Crippen LogP contribution is 2.28. The van der Waals surface area contributed by atoms with Crippen molar-refractivity contribution in [2.75, 3.05) is 20.8 Å². The molecule has 0 aliphatic rings. The molecule has 0 saturated carbocycles. The zero-order chi connectivity index (χ0) is 11.3. The van der Waals surface area contributed by atoms with Crippen molar-refractivity contribution in [3.63, 3.8) is 0 Å². The van der Waals surface area contributed by atoms with Crippen LogP contribution < -0.4 is 15.2 Å². The predicted octanol–water partition coefficient (Wildman–Crippen LogP) is 1.46. The summed E-state index contributed by atoms with van der Waals surface area (Å²) >= 11 is 0. The Kier molecular flexibility index (Phi) is 4.12. The van der Waals surface area contributed by atoms with Gasteiger partial charge in [0.15, 0.2) is 0 Å². The molecule has 0 fully saturated rings. The third-order valence-corrected chi connectivity index (χ3v) is 2.10. The molecule has 1 aromatic heterocycles. The van der Waals surface area contributed by atoms with E-state index in [-0.39, 0.29) is 0 Å². The molecular formula is C11H16N2O2. The molecule has 0 aromatic carbocycles. The highest BCUT2D eigenvalue weighted by Gasteiger charge is 2.08. The summed E-state index contributed by atoms with van der Waals surface area (Å²) in [6, 6.07) is 1.80. The van der Waals surface area contributed by atoms with Crippen molar-refractivity contribution in [3.05, 3.63) is 24.4 Å². The molecule has 15 heavy (non-hydrogen) atoms. The van der Waals surface area contributed by atoms with E-state index in [9.17, 15) is 0 Å². The van der Waals surface area contributed by atoms with Gasteiger partial charge in [-0.15, -0.1) is 0 Å². The first-order valence-electron chi connectivity index (χ1n) is 4.69. The van der Waals surface area contributed by atoms with Crippen LogP contribution in [0.5, 0.6) is 11.6 Å². The third kappa shape index (κ3) is 2.70. The Balaban J connectivity index is 3.05. The SMILES string of the molecule is C=C(CCN)c1cc(OC)ncc1OC. The molecule has 1 aromatic rings. The van der Waals surface area contributed by atoms with E-state index in [0.29, 0.717) is 18.2 Å². The van der Waals surface area contributed by atoms with Crippen molar-refractivity contribution in [1.29, 1.82) is 0 Å². The summed E-state index contributed by atoms with van der Waals surface area (Å²) < 4.78 is 10.2. The molecule has 0 aliphatic carbocycles. The van der Waals surface area contributed by atoms with Crippen molar-refractivity contribution in [1.82, 2.24) is 4.98 Å². The minimum Gasteiger partial charge on any atom is -0.494 e. The van der Waals surface area contributed by atoms with Crippen LogP contribution in [0.15, 0.2) is 18.8 Å². The molecule has 2 N–H and O–H groups in total. The summed E-state index contributed by atoms with van der Waals surface area (Å²) in [6.45, 7) is 4.52. The smallest absolute Gasteiger partial charge is 0.213 e. The number of nitrogens with two attached hydrogens (primary N) is 1. The van der Waals surface area contributed by atoms with E-state index in [2.05, 4.69) is 11.6 Å². The number of nitrogens with zero attached hydrogens (tertiary/aromatic N) is 1. The summed E-state index contributed by atoms with van der Waals surface area (Å²) in [5.41, 5.74) is 7.30. The monoisotopic (exact) mass is 208 g/mol. The molecule has 0 saturated heterocycles. The largest absolute Gasteiger partial charge is 0.494 e. The van der Waals surface area contributed by atoms with Crippen LogP contribution in [0.4, 0.5) is 0 Å². The predicted molar refractivity (Wildman–Crippen MR) is 60.0 cm³/mol. The molecule has 0 radical (unpaired) electrons. The van der Waals surface area contributed by atoms with Crippen LogP contribution in [-0.4, -0.2) is 25.7 Å². The van der Waals surface area contributed by atoms with Crippen LogP contribution in [0.25, 0.3) is 5.57 Å². The quantitative estimate of drug-likeness (QED) is 0.796. The second kappa shape index (κ2) is 5.36. The third-order valence-electron chi connectivity index (χ3n) is 2.10. The van der Waals surface area contributed by atoms with E-state index in [4.69, 9.17) is 15.2 Å². The molecule has 1 heterocycles. The van der Waals surface area contributed by atoms with Gasteiger partial charge in [-0.2, -0.15) is 0 Å². The van der Waals surface area contributed by atoms with Gasteiger partial charge in [0, 0.05) is 11.6 Å². The maximum absolute atomic E-state index is 5.48. The maximum atomic E-state index is 5.48. The van der Waals surface area contributed by atoms with Gasteiger partial charge >= 0.3 is 0 Å². The molecule has 0 bridgehead atoms. The van der Waals surface area contributed by atoms with E-state index in [1.165, 1.54) is 0 Å². The zero-order valence-electron chi connectivity index (χ0n) is 9.12. The standard InChI is InChI=1S/C11H16N2O2/c1-8(4-5-12)9-6-11(15-3)13-7-10(9)14-2/h6-7H,1,4-5,12H2,2-3H3. The highest BCUT2D eigenvalue weighted by molar-refractivity contribution is 5.69. The number of hydrogen-bond acceptors (Lipinski definition) is 4. The summed E-state index contributed by atoms with van der Waals surface area (Å²) in [5, 5.41) is 0. The number of methoxy groups -OCH3 is 2. The van der Waals surface area contributed by atoms with Crippen LogP contribution in [0.3, 0.4) is 0 Å². The van der Waals surface area contributed by atoms with Gasteiger partial charge in [0.05, 0.1) is 20.4 Å². The second-order valence-electron chi connectivity index (χ2n) is 3.07. The van der Waals surface area contributed by atoms with Gasteiger partial charge in [0.25, 0.3) is 0 Å². The molecule has 4 heteroatoms. The van der Waals surface area contributed by atoms with Gasteiger partial charge < -0.3 is 15.2 Å². The van der Waals surface area contributed by atoms with Gasteiger partial charge in [0.1, 0.15) is 5.75 Å². The molecule has 1 rings (SSSR count). The van der Waals surface area contributed by atoms with E-state index < -0.39 is 0 Å². The number of hydrogen-bond donors (Lipinski definition) is 1. The van der Waals surface area contributed by atoms with Crippen molar-refractivity contribution in [2.24, 2.45) is 5.73 Å². The van der Waals surface area contributed by atoms with Crippen molar-refractivity contribution in [3.8, 4) is 11.6 Å². The van der Waals surface area contributed by atoms with Crippen LogP contribution in [0.1, 0.15) is 12.0 Å². The Morgan fingerprint density at radius 1 is 1.47 bits per heavy atom. The van der Waals surface area contributed by atoms with Gasteiger partial charge in [0.2, 0.25) is 5.88 Å². The maximum Gasteiger partial charge on any atom is 0.213 e. The van der Waals surface area contributed by atoms with E-state index in [0.717, 1.165) is 17.6 Å². The average molecular weight is 208 g/mol. The number of ether oxygens (including phenoxy) is 2. The Morgan fingerprint density at radius 2 is 2.20 bits per heavy atom. The lowest BCUT2D eigenvalue weighted by Gasteiger charge is -2.11. The fraction of sp³-hybridized carbons (Fsp3) is 0.364. The highest BCUT2D eigenvalue weighted by atomic mass is 16.5. The van der Waals surface area contributed by atoms with Crippen molar-refractivity contribution < 1.29 is 9.47 Å². The fourth-order valence-electron chi connectivity index (χ4n) is 1.28. The zero-order valence-corrected chi connectivity index (χ0v) is 9.12. The fourth-order valence-corrected chi connectivity index (χ4v) is 1.28. The lowest BCUT2D eigenvalue weighted by Crippen LogP contribution is -2.01.